The van der Waals surface area contributed by atoms with Crippen molar-refractivity contribution < 1.29 is 29.0 Å². The predicted molar refractivity (Wildman–Crippen MR) is 222 cm³/mol. The van der Waals surface area contributed by atoms with Gasteiger partial charge in [-0.1, -0.05) is 6.07 Å². The Kier molecular flexibility index (Phi) is 22.5. The SMILES string of the molecule is C1CCOC1.CN1CCC(C(=O)Cl)CC1.CN1CCC(C(=O)N2CCCC2)CC1.CN1CCC(C(=O)O)CC1.CN1CCC(C(=O)c2cccc(Br)n2)CC1. The van der Waals surface area contributed by atoms with Crippen LogP contribution < -0.4 is 0 Å². The maximum atomic E-state index is 12.2. The Bertz CT molecular complexity index is 1250. The Morgan fingerprint density at radius 3 is 1.44 bits per heavy atom. The number of likely N-dealkylation sites (tertiary alicyclic amines) is 5. The van der Waals surface area contributed by atoms with E-state index in [1.54, 1.807) is 6.07 Å². The molecule has 0 bridgehead atoms. The first-order valence-electron chi connectivity index (χ1n) is 20.5. The molecule has 0 spiro atoms. The van der Waals surface area contributed by atoms with E-state index in [4.69, 9.17) is 21.4 Å². The van der Waals surface area contributed by atoms with Crippen LogP contribution in [0.5, 0.6) is 0 Å². The third kappa shape index (κ3) is 18.4. The maximum Gasteiger partial charge on any atom is 0.306 e. The van der Waals surface area contributed by atoms with Crippen molar-refractivity contribution in [3.63, 3.8) is 0 Å². The fourth-order valence-electron chi connectivity index (χ4n) is 7.48. The molecule has 6 saturated heterocycles. The normalized spacial score (nSPS) is 22.5. The number of Topliss-reactive ketones (excluding diaryl/α,β-unsaturated/α-hetero) is 1. The van der Waals surface area contributed by atoms with Gasteiger partial charge in [-0.05, 0) is 197 Å². The van der Waals surface area contributed by atoms with Crippen molar-refractivity contribution >= 4 is 50.4 Å². The zero-order valence-electron chi connectivity index (χ0n) is 33.9. The number of nitrogens with zero attached hydrogens (tertiary/aromatic N) is 6. The summed E-state index contributed by atoms with van der Waals surface area (Å²) in [6, 6.07) is 5.50. The molecule has 6 aliphatic heterocycles. The fourth-order valence-corrected chi connectivity index (χ4v) is 8.04. The van der Waals surface area contributed by atoms with Crippen molar-refractivity contribution in [1.82, 2.24) is 29.5 Å². The van der Waals surface area contributed by atoms with Crippen molar-refractivity contribution in [2.75, 3.05) is 107 Å². The van der Waals surface area contributed by atoms with Gasteiger partial charge >= 0.3 is 5.97 Å². The number of hydrogen-bond donors (Lipinski definition) is 1. The van der Waals surface area contributed by atoms with Crippen LogP contribution in [0.4, 0.5) is 0 Å². The lowest BCUT2D eigenvalue weighted by atomic mass is 9.91. The number of amides is 1. The molecule has 12 nitrogen and oxygen atoms in total. The van der Waals surface area contributed by atoms with Crippen LogP contribution in [0.3, 0.4) is 0 Å². The van der Waals surface area contributed by atoms with E-state index >= 15 is 0 Å². The summed E-state index contributed by atoms with van der Waals surface area (Å²) in [6.45, 7) is 12.1. The van der Waals surface area contributed by atoms with Crippen LogP contribution in [0.1, 0.15) is 87.5 Å². The number of ether oxygens (including phenoxy) is 1. The summed E-state index contributed by atoms with van der Waals surface area (Å²) in [5.41, 5.74) is 0.587. The van der Waals surface area contributed by atoms with E-state index in [2.05, 4.69) is 66.6 Å². The molecular formula is C41H68BrClN6O6. The second kappa shape index (κ2) is 26.1. The van der Waals surface area contributed by atoms with E-state index < -0.39 is 5.97 Å². The maximum absolute atomic E-state index is 12.2. The molecule has 0 aliphatic carbocycles. The highest BCUT2D eigenvalue weighted by Gasteiger charge is 2.29. The Balaban J connectivity index is 0.000000192. The minimum atomic E-state index is -0.631. The Labute approximate surface area is 343 Å². The van der Waals surface area contributed by atoms with Crippen LogP contribution in [0.2, 0.25) is 0 Å². The number of carboxylic acids is 1. The molecule has 14 heteroatoms. The quantitative estimate of drug-likeness (QED) is 0.225. The smallest absolute Gasteiger partial charge is 0.306 e. The number of ketones is 1. The van der Waals surface area contributed by atoms with Crippen LogP contribution in [0, 0.1) is 23.7 Å². The van der Waals surface area contributed by atoms with Gasteiger partial charge in [0.15, 0.2) is 5.78 Å². The molecule has 0 radical (unpaired) electrons. The highest BCUT2D eigenvalue weighted by atomic mass is 79.9. The number of rotatable bonds is 5. The van der Waals surface area contributed by atoms with E-state index in [0.29, 0.717) is 17.5 Å². The van der Waals surface area contributed by atoms with Gasteiger partial charge in [-0.25, -0.2) is 4.98 Å². The largest absolute Gasteiger partial charge is 0.481 e. The van der Waals surface area contributed by atoms with Gasteiger partial charge in [0.05, 0.1) is 5.92 Å². The number of halogens is 2. The molecule has 1 N–H and O–H groups in total. The molecule has 1 aromatic heterocycles. The number of carbonyl (C=O) groups excluding carboxylic acids is 3. The lowest BCUT2D eigenvalue weighted by molar-refractivity contribution is -0.143. The van der Waals surface area contributed by atoms with Gasteiger partial charge in [-0.3, -0.25) is 19.2 Å². The monoisotopic (exact) mass is 854 g/mol. The second-order valence-electron chi connectivity index (χ2n) is 16.0. The molecule has 0 atom stereocenters. The topological polar surface area (TPSA) is 127 Å². The zero-order chi connectivity index (χ0) is 40.2. The summed E-state index contributed by atoms with van der Waals surface area (Å²) in [5, 5.41) is 8.45. The van der Waals surface area contributed by atoms with Gasteiger partial charge in [-0.15, -0.1) is 0 Å². The molecule has 312 valence electrons. The number of aliphatic carboxylic acids is 1. The Morgan fingerprint density at radius 1 is 0.636 bits per heavy atom. The van der Waals surface area contributed by atoms with E-state index in [9.17, 15) is 19.2 Å². The summed E-state index contributed by atoms with van der Waals surface area (Å²) in [4.78, 5) is 60.5. The minimum Gasteiger partial charge on any atom is -0.481 e. The first-order chi connectivity index (χ1) is 26.3. The highest BCUT2D eigenvalue weighted by molar-refractivity contribution is 9.10. The van der Waals surface area contributed by atoms with Crippen molar-refractivity contribution in [1.29, 1.82) is 0 Å². The third-order valence-corrected chi connectivity index (χ3v) is 12.2. The van der Waals surface area contributed by atoms with Gasteiger partial charge in [0.25, 0.3) is 0 Å². The van der Waals surface area contributed by atoms with Crippen LogP contribution in [-0.2, 0) is 19.1 Å². The second-order valence-corrected chi connectivity index (χ2v) is 17.2. The molecule has 7 rings (SSSR count). The van der Waals surface area contributed by atoms with Crippen molar-refractivity contribution in [2.24, 2.45) is 23.7 Å². The van der Waals surface area contributed by atoms with Crippen molar-refractivity contribution in [2.45, 2.75) is 77.0 Å². The van der Waals surface area contributed by atoms with Crippen LogP contribution in [0.15, 0.2) is 22.8 Å². The van der Waals surface area contributed by atoms with Gasteiger partial charge in [0.2, 0.25) is 11.1 Å². The van der Waals surface area contributed by atoms with E-state index in [0.717, 1.165) is 135 Å². The number of piperidine rings is 4. The summed E-state index contributed by atoms with van der Waals surface area (Å²) >= 11 is 8.64. The molecule has 6 fully saturated rings. The minimum absolute atomic E-state index is 0.0869. The van der Waals surface area contributed by atoms with Gasteiger partial charge in [0, 0.05) is 44.1 Å². The number of hydrogen-bond acceptors (Lipinski definition) is 10. The fraction of sp³-hybridized carbons (Fsp3) is 0.780. The molecule has 0 saturated carbocycles. The standard InChI is InChI=1S/C12H15BrN2O.C11H20N2O.C7H12ClNO.C7H13NO2.C4H8O/c1-15-7-5-9(6-8-15)12(16)10-3-2-4-11(13)14-10;1-12-8-4-10(5-9-12)11(14)13-6-2-3-7-13;1-9-4-2-6(3-5-9)7(8)10;1-8-4-2-6(3-5-8)7(9)10;1-2-4-5-3-1/h2-4,9H,5-8H2,1H3;10H,2-9H2,1H3;6H,2-5H2,1H3;6H,2-5H2,1H3,(H,9,10);1-4H2. The summed E-state index contributed by atoms with van der Waals surface area (Å²) < 4.78 is 5.67. The third-order valence-electron chi connectivity index (χ3n) is 11.5. The first kappa shape index (κ1) is 47.4. The van der Waals surface area contributed by atoms with Crippen LogP contribution in [0.25, 0.3) is 0 Å². The van der Waals surface area contributed by atoms with Gasteiger partial charge in [0.1, 0.15) is 10.3 Å². The molecule has 55 heavy (non-hydrogen) atoms. The average molecular weight is 856 g/mol. The molecule has 1 amide bonds. The van der Waals surface area contributed by atoms with Crippen LogP contribution in [-0.4, -0.2) is 164 Å². The first-order valence-corrected chi connectivity index (χ1v) is 21.7. The predicted octanol–water partition coefficient (Wildman–Crippen LogP) is 5.62. The summed E-state index contributed by atoms with van der Waals surface area (Å²) in [7, 11) is 8.32. The van der Waals surface area contributed by atoms with Crippen LogP contribution >= 0.6 is 27.5 Å². The molecular weight excluding hydrogens is 788 g/mol. The number of pyridine rings is 1. The molecule has 0 aromatic carbocycles. The summed E-state index contributed by atoms with van der Waals surface area (Å²) in [6.07, 6.45) is 12.5. The summed E-state index contributed by atoms with van der Waals surface area (Å²) in [5.74, 6) is 0.495. The van der Waals surface area contributed by atoms with E-state index in [1.165, 1.54) is 25.7 Å². The van der Waals surface area contributed by atoms with Gasteiger partial charge in [-0.2, -0.15) is 0 Å². The lowest BCUT2D eigenvalue weighted by Gasteiger charge is -2.30. The Hall–Kier alpha value is -2.00. The number of carbonyl (C=O) groups is 4. The van der Waals surface area contributed by atoms with Crippen molar-refractivity contribution in [3.8, 4) is 0 Å². The zero-order valence-corrected chi connectivity index (χ0v) is 36.3. The van der Waals surface area contributed by atoms with Crippen molar-refractivity contribution in [3.05, 3.63) is 28.5 Å². The van der Waals surface area contributed by atoms with Gasteiger partial charge < -0.3 is 34.3 Å². The number of aromatic nitrogens is 1. The number of carboxylic acid groups (broad SMARTS) is 1. The highest BCUT2D eigenvalue weighted by Crippen LogP contribution is 2.23. The van der Waals surface area contributed by atoms with E-state index in [1.807, 2.05) is 19.2 Å². The molecule has 7 heterocycles. The lowest BCUT2D eigenvalue weighted by Crippen LogP contribution is -2.40. The molecule has 6 aliphatic rings. The molecule has 1 aromatic rings. The average Bonchev–Trinajstić information content (AvgIpc) is 3.95. The van der Waals surface area contributed by atoms with E-state index in [-0.39, 0.29) is 28.8 Å². The Morgan fingerprint density at radius 2 is 1.05 bits per heavy atom. The molecule has 0 unspecified atom stereocenters.